The van der Waals surface area contributed by atoms with Gasteiger partial charge in [-0.05, 0) is 20.8 Å². The Hall–Kier alpha value is -4.67. The molecule has 2 heterocycles. The lowest BCUT2D eigenvalue weighted by Crippen LogP contribution is -2.56. The zero-order chi connectivity index (χ0) is 28.8. The van der Waals surface area contributed by atoms with E-state index in [2.05, 4.69) is 15.3 Å². The molecule has 11 heteroatoms. The highest BCUT2D eigenvalue weighted by molar-refractivity contribution is 6.07. The van der Waals surface area contributed by atoms with E-state index in [1.54, 1.807) is 41.8 Å². The Balaban J connectivity index is 1.56. The lowest BCUT2D eigenvalue weighted by atomic mass is 10.0. The smallest absolute Gasteiger partial charge is 0.342 e. The number of amides is 3. The molecule has 0 bridgehead atoms. The van der Waals surface area contributed by atoms with Gasteiger partial charge in [-0.15, -0.1) is 0 Å². The summed E-state index contributed by atoms with van der Waals surface area (Å²) in [6, 6.07) is 13.6. The van der Waals surface area contributed by atoms with Crippen molar-refractivity contribution in [1.29, 1.82) is 0 Å². The Morgan fingerprint density at radius 1 is 1.00 bits per heavy atom. The summed E-state index contributed by atoms with van der Waals surface area (Å²) in [5.74, 6) is 0.366. The monoisotopic (exact) mass is 547 g/mol. The van der Waals surface area contributed by atoms with Gasteiger partial charge in [-0.1, -0.05) is 30.3 Å². The predicted molar refractivity (Wildman–Crippen MR) is 149 cm³/mol. The van der Waals surface area contributed by atoms with Crippen molar-refractivity contribution in [2.75, 3.05) is 45.8 Å². The zero-order valence-corrected chi connectivity index (χ0v) is 23.3. The van der Waals surface area contributed by atoms with E-state index in [4.69, 9.17) is 14.2 Å². The average molecular weight is 548 g/mol. The number of urea groups is 1. The fourth-order valence-electron chi connectivity index (χ4n) is 4.60. The van der Waals surface area contributed by atoms with E-state index in [1.807, 2.05) is 37.3 Å². The summed E-state index contributed by atoms with van der Waals surface area (Å²) in [6.07, 6.45) is 0. The number of piperazine rings is 1. The maximum atomic E-state index is 13.8. The van der Waals surface area contributed by atoms with Crippen molar-refractivity contribution in [2.45, 2.75) is 26.8 Å². The van der Waals surface area contributed by atoms with E-state index in [1.165, 1.54) is 14.2 Å². The molecule has 0 saturated carbocycles. The minimum Gasteiger partial charge on any atom is -0.497 e. The largest absolute Gasteiger partial charge is 0.497 e. The molecule has 2 aromatic carbocycles. The fraction of sp³-hybridized carbons (Fsp3) is 0.345. The van der Waals surface area contributed by atoms with Crippen LogP contribution in [0.5, 0.6) is 11.5 Å². The van der Waals surface area contributed by atoms with Gasteiger partial charge in [0.2, 0.25) is 0 Å². The van der Waals surface area contributed by atoms with Crippen LogP contribution in [0.25, 0.3) is 11.3 Å². The van der Waals surface area contributed by atoms with Gasteiger partial charge in [-0.25, -0.2) is 19.6 Å². The molecule has 1 atom stereocenters. The van der Waals surface area contributed by atoms with Crippen LogP contribution in [-0.2, 0) is 4.74 Å². The topological polar surface area (TPSA) is 123 Å². The predicted octanol–water partition coefficient (Wildman–Crippen LogP) is 4.02. The summed E-state index contributed by atoms with van der Waals surface area (Å²) in [5.41, 5.74) is 1.56. The molecular weight excluding hydrogens is 514 g/mol. The Labute approximate surface area is 233 Å². The van der Waals surface area contributed by atoms with Crippen LogP contribution in [0, 0.1) is 6.92 Å². The number of nitrogens with zero attached hydrogens (tertiary/aromatic N) is 4. The van der Waals surface area contributed by atoms with Crippen molar-refractivity contribution in [3.63, 3.8) is 0 Å². The van der Waals surface area contributed by atoms with Gasteiger partial charge >= 0.3 is 12.0 Å². The number of aryl methyl sites for hydroxylation is 1. The van der Waals surface area contributed by atoms with Crippen LogP contribution in [0.1, 0.15) is 40.5 Å². The minimum absolute atomic E-state index is 0.0154. The number of carbonyl (C=O) groups excluding carboxylic acids is 3. The van der Waals surface area contributed by atoms with E-state index < -0.39 is 11.9 Å². The van der Waals surface area contributed by atoms with Crippen LogP contribution in [0.2, 0.25) is 0 Å². The zero-order valence-electron chi connectivity index (χ0n) is 23.3. The molecule has 40 heavy (non-hydrogen) atoms. The van der Waals surface area contributed by atoms with Crippen molar-refractivity contribution in [1.82, 2.24) is 19.8 Å². The molecule has 1 aliphatic rings. The average Bonchev–Trinajstić information content (AvgIpc) is 2.96. The molecule has 1 aliphatic heterocycles. The number of hydrogen-bond acceptors (Lipinski definition) is 8. The minimum atomic E-state index is -0.663. The standard InChI is InChI=1S/C29H33N5O6/c1-6-40-28(36)24-25(20-10-8-7-9-11-20)30-19(3)31-26(24)27(35)33-12-13-34(18(2)17-33)29(37)32-21-14-22(38-4)16-23(15-21)39-5/h7-11,14-16,18H,6,12-13,17H2,1-5H3,(H,32,37). The fourth-order valence-corrected chi connectivity index (χ4v) is 4.60. The summed E-state index contributed by atoms with van der Waals surface area (Å²) < 4.78 is 15.9. The van der Waals surface area contributed by atoms with Gasteiger partial charge in [0, 0.05) is 55.1 Å². The first kappa shape index (κ1) is 28.3. The molecule has 11 nitrogen and oxygen atoms in total. The Kier molecular flexibility index (Phi) is 8.83. The molecule has 1 aromatic heterocycles. The second-order valence-corrected chi connectivity index (χ2v) is 9.25. The van der Waals surface area contributed by atoms with Gasteiger partial charge in [-0.2, -0.15) is 0 Å². The van der Waals surface area contributed by atoms with Crippen molar-refractivity contribution in [3.8, 4) is 22.8 Å². The highest BCUT2D eigenvalue weighted by atomic mass is 16.5. The van der Waals surface area contributed by atoms with E-state index in [9.17, 15) is 14.4 Å². The van der Waals surface area contributed by atoms with Gasteiger partial charge in [0.05, 0.1) is 26.5 Å². The molecule has 3 amide bonds. The molecule has 210 valence electrons. The number of benzene rings is 2. The number of carbonyl (C=O) groups is 3. The summed E-state index contributed by atoms with van der Waals surface area (Å²) in [7, 11) is 3.07. The first-order chi connectivity index (χ1) is 19.2. The first-order valence-corrected chi connectivity index (χ1v) is 13.0. The van der Waals surface area contributed by atoms with Gasteiger partial charge in [-0.3, -0.25) is 4.79 Å². The summed E-state index contributed by atoms with van der Waals surface area (Å²) >= 11 is 0. The molecule has 1 fully saturated rings. The first-order valence-electron chi connectivity index (χ1n) is 13.0. The Morgan fingerprint density at radius 3 is 2.27 bits per heavy atom. The Morgan fingerprint density at radius 2 is 1.68 bits per heavy atom. The van der Waals surface area contributed by atoms with Crippen molar-refractivity contribution < 1.29 is 28.6 Å². The molecule has 3 aromatic rings. The number of aromatic nitrogens is 2. The van der Waals surface area contributed by atoms with Crippen molar-refractivity contribution in [2.24, 2.45) is 0 Å². The van der Waals surface area contributed by atoms with Crippen molar-refractivity contribution in [3.05, 3.63) is 65.6 Å². The van der Waals surface area contributed by atoms with Crippen LogP contribution >= 0.6 is 0 Å². The summed E-state index contributed by atoms with van der Waals surface area (Å²) in [4.78, 5) is 52.1. The third kappa shape index (κ3) is 6.14. The number of methoxy groups -OCH3 is 2. The molecule has 1 unspecified atom stereocenters. The number of esters is 1. The molecular formula is C29H33N5O6. The van der Waals surface area contributed by atoms with Crippen LogP contribution < -0.4 is 14.8 Å². The highest BCUT2D eigenvalue weighted by Crippen LogP contribution is 2.28. The third-order valence-electron chi connectivity index (χ3n) is 6.53. The molecule has 0 spiro atoms. The molecule has 1 N–H and O–H groups in total. The SMILES string of the molecule is CCOC(=O)c1c(C(=O)N2CCN(C(=O)Nc3cc(OC)cc(OC)c3)C(C)C2)nc(C)nc1-c1ccccc1. The van der Waals surface area contributed by atoms with E-state index in [0.29, 0.717) is 34.3 Å². The third-order valence-corrected chi connectivity index (χ3v) is 6.53. The van der Waals surface area contributed by atoms with Gasteiger partial charge in [0.25, 0.3) is 5.91 Å². The van der Waals surface area contributed by atoms with Gasteiger partial charge < -0.3 is 29.3 Å². The summed E-state index contributed by atoms with van der Waals surface area (Å²) in [5, 5.41) is 2.88. The molecule has 0 radical (unpaired) electrons. The molecule has 4 rings (SSSR count). The second kappa shape index (κ2) is 12.5. The molecule has 0 aliphatic carbocycles. The van der Waals surface area contributed by atoms with Gasteiger partial charge in [0.15, 0.2) is 0 Å². The highest BCUT2D eigenvalue weighted by Gasteiger charge is 2.34. The van der Waals surface area contributed by atoms with Crippen molar-refractivity contribution >= 4 is 23.6 Å². The number of hydrogen-bond donors (Lipinski definition) is 1. The number of rotatable bonds is 7. The Bertz CT molecular complexity index is 1370. The normalized spacial score (nSPS) is 14.9. The van der Waals surface area contributed by atoms with Crippen LogP contribution in [0.15, 0.2) is 48.5 Å². The lowest BCUT2D eigenvalue weighted by Gasteiger charge is -2.39. The number of nitrogens with one attached hydrogen (secondary N) is 1. The van der Waals surface area contributed by atoms with E-state index >= 15 is 0 Å². The second-order valence-electron chi connectivity index (χ2n) is 9.25. The number of anilines is 1. The van der Waals surface area contributed by atoms with Crippen LogP contribution in [0.4, 0.5) is 10.5 Å². The van der Waals surface area contributed by atoms with E-state index in [0.717, 1.165) is 0 Å². The lowest BCUT2D eigenvalue weighted by molar-refractivity contribution is 0.0505. The summed E-state index contributed by atoms with van der Waals surface area (Å²) in [6.45, 7) is 6.16. The van der Waals surface area contributed by atoms with Gasteiger partial charge in [0.1, 0.15) is 28.6 Å². The van der Waals surface area contributed by atoms with Crippen LogP contribution in [-0.4, -0.2) is 84.2 Å². The quantitative estimate of drug-likeness (QED) is 0.440. The maximum Gasteiger partial charge on any atom is 0.342 e. The number of ether oxygens (including phenoxy) is 3. The molecule has 1 saturated heterocycles. The maximum absolute atomic E-state index is 13.8. The van der Waals surface area contributed by atoms with Crippen LogP contribution in [0.3, 0.4) is 0 Å². The van der Waals surface area contributed by atoms with E-state index in [-0.39, 0.29) is 49.6 Å².